The molecule has 68 heavy (non-hydrogen) atoms. The van der Waals surface area contributed by atoms with Gasteiger partial charge in [-0.25, -0.2) is 0 Å². The maximum atomic E-state index is 12.9. The monoisotopic (exact) mass is 961 g/mol. The van der Waals surface area contributed by atoms with Crippen molar-refractivity contribution in [3.05, 3.63) is 0 Å². The SMILES string of the molecule is CC(C)CCCCCCCCCCCCCCCCCCCCC(=O)O[C@H](COC(=O)CCCCCCCCCCCCCCCC(C)C)COC(=O)CCCCCCCCCCCCC(C)C. The molecule has 0 spiro atoms. The lowest BCUT2D eigenvalue weighted by Gasteiger charge is -2.18. The molecule has 0 saturated carbocycles. The van der Waals surface area contributed by atoms with E-state index >= 15 is 0 Å². The van der Waals surface area contributed by atoms with E-state index in [1.54, 1.807) is 0 Å². The summed E-state index contributed by atoms with van der Waals surface area (Å²) in [6.45, 7) is 13.8. The van der Waals surface area contributed by atoms with E-state index in [4.69, 9.17) is 14.2 Å². The van der Waals surface area contributed by atoms with Crippen LogP contribution in [-0.2, 0) is 28.6 Å². The van der Waals surface area contributed by atoms with Gasteiger partial charge in [0.05, 0.1) is 0 Å². The zero-order valence-electron chi connectivity index (χ0n) is 46.9. The molecule has 0 aromatic heterocycles. The van der Waals surface area contributed by atoms with Gasteiger partial charge < -0.3 is 14.2 Å². The van der Waals surface area contributed by atoms with Crippen molar-refractivity contribution in [2.45, 2.75) is 349 Å². The van der Waals surface area contributed by atoms with Gasteiger partial charge in [-0.1, -0.05) is 305 Å². The summed E-state index contributed by atoms with van der Waals surface area (Å²) >= 11 is 0. The van der Waals surface area contributed by atoms with Gasteiger partial charge in [-0.3, -0.25) is 14.4 Å². The predicted molar refractivity (Wildman–Crippen MR) is 293 cm³/mol. The highest BCUT2D eigenvalue weighted by Crippen LogP contribution is 2.19. The smallest absolute Gasteiger partial charge is 0.306 e. The fraction of sp³-hybridized carbons (Fsp3) is 0.952. The Balaban J connectivity index is 4.27. The first-order valence-corrected chi connectivity index (χ1v) is 30.6. The Labute approximate surface area is 425 Å². The van der Waals surface area contributed by atoms with Crippen LogP contribution in [0.1, 0.15) is 343 Å². The van der Waals surface area contributed by atoms with E-state index in [1.165, 1.54) is 225 Å². The highest BCUT2D eigenvalue weighted by atomic mass is 16.6. The summed E-state index contributed by atoms with van der Waals surface area (Å²) in [7, 11) is 0. The summed E-state index contributed by atoms with van der Waals surface area (Å²) in [5.41, 5.74) is 0. The quantitative estimate of drug-likeness (QED) is 0.0343. The molecule has 0 aliphatic carbocycles. The molecular formula is C62H120O6. The molecule has 0 N–H and O–H groups in total. The Hall–Kier alpha value is -1.59. The molecule has 1 atom stereocenters. The van der Waals surface area contributed by atoms with Gasteiger partial charge in [0.2, 0.25) is 0 Å². The topological polar surface area (TPSA) is 78.9 Å². The highest BCUT2D eigenvalue weighted by Gasteiger charge is 2.19. The highest BCUT2D eigenvalue weighted by molar-refractivity contribution is 5.71. The maximum Gasteiger partial charge on any atom is 0.306 e. The van der Waals surface area contributed by atoms with Gasteiger partial charge in [-0.2, -0.15) is 0 Å². The summed E-state index contributed by atoms with van der Waals surface area (Å²) < 4.78 is 16.9. The molecule has 404 valence electrons. The summed E-state index contributed by atoms with van der Waals surface area (Å²) in [5, 5.41) is 0. The fourth-order valence-corrected chi connectivity index (χ4v) is 9.53. The van der Waals surface area contributed by atoms with Crippen molar-refractivity contribution >= 4 is 17.9 Å². The molecule has 0 aromatic carbocycles. The van der Waals surface area contributed by atoms with Gasteiger partial charge >= 0.3 is 17.9 Å². The van der Waals surface area contributed by atoms with Crippen molar-refractivity contribution in [1.29, 1.82) is 0 Å². The fourth-order valence-electron chi connectivity index (χ4n) is 9.53. The first-order chi connectivity index (χ1) is 33.1. The molecular weight excluding hydrogens is 841 g/mol. The van der Waals surface area contributed by atoms with Crippen LogP contribution in [0.25, 0.3) is 0 Å². The molecule has 0 aliphatic heterocycles. The van der Waals surface area contributed by atoms with E-state index < -0.39 is 6.10 Å². The molecule has 0 aliphatic rings. The molecule has 0 unspecified atom stereocenters. The number of rotatable bonds is 55. The second-order valence-corrected chi connectivity index (χ2v) is 22.8. The Bertz CT molecular complexity index is 1050. The number of esters is 3. The molecule has 0 rings (SSSR count). The number of unbranched alkanes of at least 4 members (excludes halogenated alkanes) is 38. The molecule has 6 nitrogen and oxygen atoms in total. The van der Waals surface area contributed by atoms with Gasteiger partial charge in [0, 0.05) is 19.3 Å². The third-order valence-electron chi connectivity index (χ3n) is 14.1. The Morgan fingerprint density at radius 2 is 0.426 bits per heavy atom. The summed E-state index contributed by atoms with van der Waals surface area (Å²) in [6.07, 6.45) is 56.7. The summed E-state index contributed by atoms with van der Waals surface area (Å²) in [6, 6.07) is 0. The van der Waals surface area contributed by atoms with Crippen molar-refractivity contribution in [2.75, 3.05) is 13.2 Å². The van der Waals surface area contributed by atoms with E-state index in [1.807, 2.05) is 0 Å². The number of ether oxygens (including phenoxy) is 3. The van der Waals surface area contributed by atoms with Gasteiger partial charge in [0.15, 0.2) is 6.10 Å². The number of carbonyl (C=O) groups excluding carboxylic acids is 3. The van der Waals surface area contributed by atoms with Crippen LogP contribution in [0.15, 0.2) is 0 Å². The maximum absolute atomic E-state index is 12.9. The van der Waals surface area contributed by atoms with Crippen LogP contribution in [0, 0.1) is 17.8 Å². The molecule has 0 bridgehead atoms. The summed E-state index contributed by atoms with van der Waals surface area (Å²) in [4.78, 5) is 38.2. The van der Waals surface area contributed by atoms with Crippen LogP contribution in [0.4, 0.5) is 0 Å². The third kappa shape index (κ3) is 55.3. The third-order valence-corrected chi connectivity index (χ3v) is 14.1. The van der Waals surface area contributed by atoms with Gasteiger partial charge in [0.1, 0.15) is 13.2 Å². The zero-order valence-corrected chi connectivity index (χ0v) is 46.9. The van der Waals surface area contributed by atoms with Gasteiger partial charge in [0.25, 0.3) is 0 Å². The van der Waals surface area contributed by atoms with Crippen molar-refractivity contribution in [1.82, 2.24) is 0 Å². The van der Waals surface area contributed by atoms with Crippen LogP contribution in [0.3, 0.4) is 0 Å². The zero-order chi connectivity index (χ0) is 49.8. The molecule has 0 saturated heterocycles. The molecule has 0 radical (unpaired) electrons. The van der Waals surface area contributed by atoms with E-state index in [9.17, 15) is 14.4 Å². The van der Waals surface area contributed by atoms with Crippen LogP contribution < -0.4 is 0 Å². The lowest BCUT2D eigenvalue weighted by atomic mass is 10.0. The van der Waals surface area contributed by atoms with Crippen LogP contribution in [-0.4, -0.2) is 37.2 Å². The first-order valence-electron chi connectivity index (χ1n) is 30.6. The van der Waals surface area contributed by atoms with E-state index in [0.717, 1.165) is 75.5 Å². The van der Waals surface area contributed by atoms with Crippen molar-refractivity contribution in [3.63, 3.8) is 0 Å². The van der Waals surface area contributed by atoms with Crippen LogP contribution in [0.5, 0.6) is 0 Å². The lowest BCUT2D eigenvalue weighted by molar-refractivity contribution is -0.167. The van der Waals surface area contributed by atoms with Crippen LogP contribution >= 0.6 is 0 Å². The number of carbonyl (C=O) groups is 3. The lowest BCUT2D eigenvalue weighted by Crippen LogP contribution is -2.30. The second-order valence-electron chi connectivity index (χ2n) is 22.8. The molecule has 6 heteroatoms. The Kier molecular flexibility index (Phi) is 52.0. The minimum Gasteiger partial charge on any atom is -0.462 e. The average molecular weight is 962 g/mol. The van der Waals surface area contributed by atoms with E-state index in [-0.39, 0.29) is 31.1 Å². The Morgan fingerprint density at radius 3 is 0.632 bits per heavy atom. The van der Waals surface area contributed by atoms with Crippen LogP contribution in [0.2, 0.25) is 0 Å². The van der Waals surface area contributed by atoms with Gasteiger partial charge in [-0.05, 0) is 37.0 Å². The van der Waals surface area contributed by atoms with Crippen molar-refractivity contribution < 1.29 is 28.6 Å². The van der Waals surface area contributed by atoms with E-state index in [2.05, 4.69) is 41.5 Å². The molecule has 0 amide bonds. The van der Waals surface area contributed by atoms with Crippen molar-refractivity contribution in [3.8, 4) is 0 Å². The van der Waals surface area contributed by atoms with Gasteiger partial charge in [-0.15, -0.1) is 0 Å². The molecule has 0 heterocycles. The van der Waals surface area contributed by atoms with E-state index in [0.29, 0.717) is 19.3 Å². The average Bonchev–Trinajstić information content (AvgIpc) is 3.30. The standard InChI is InChI=1S/C62H120O6/c1-56(2)48-42-36-30-24-18-14-11-9-7-8-10-12-16-21-29-35-41-47-53-62(65)68-59(55-67-61(64)52-46-40-34-28-23-22-26-32-38-44-50-58(5)6)54-66-60(63)51-45-39-33-27-20-17-13-15-19-25-31-37-43-49-57(3)4/h56-59H,7-55H2,1-6H3/t59-/m1/s1. The molecule has 0 aromatic rings. The predicted octanol–water partition coefficient (Wildman–Crippen LogP) is 20.3. The minimum absolute atomic E-state index is 0.0632. The molecule has 0 fully saturated rings. The Morgan fingerprint density at radius 1 is 0.250 bits per heavy atom. The minimum atomic E-state index is -0.764. The first kappa shape index (κ1) is 66.4. The number of hydrogen-bond acceptors (Lipinski definition) is 6. The summed E-state index contributed by atoms with van der Waals surface area (Å²) in [5.74, 6) is 1.68. The second kappa shape index (κ2) is 53.2. The largest absolute Gasteiger partial charge is 0.462 e. The number of hydrogen-bond donors (Lipinski definition) is 0. The van der Waals surface area contributed by atoms with Crippen molar-refractivity contribution in [2.24, 2.45) is 17.8 Å². The normalized spacial score (nSPS) is 12.1.